The van der Waals surface area contributed by atoms with Crippen molar-refractivity contribution in [1.29, 1.82) is 5.26 Å². The normalized spacial score (nSPS) is 10.4. The van der Waals surface area contributed by atoms with Crippen LogP contribution < -0.4 is 5.32 Å². The summed E-state index contributed by atoms with van der Waals surface area (Å²) in [6.07, 6.45) is 1.67. The molecule has 0 unspecified atom stereocenters. The van der Waals surface area contributed by atoms with Crippen LogP contribution in [0, 0.1) is 18.3 Å². The summed E-state index contributed by atoms with van der Waals surface area (Å²) in [6.45, 7) is 2.94. The van der Waals surface area contributed by atoms with Gasteiger partial charge in [-0.05, 0) is 49.1 Å². The van der Waals surface area contributed by atoms with Gasteiger partial charge in [0.2, 0.25) is 0 Å². The molecule has 0 amide bonds. The number of hydrogen-bond donors (Lipinski definition) is 2. The topological polar surface area (TPSA) is 61.0 Å². The number of aliphatic hydroxyl groups is 1. The third kappa shape index (κ3) is 3.65. The lowest BCUT2D eigenvalue weighted by Gasteiger charge is -2.08. The molecule has 2 N–H and O–H groups in total. The molecule has 21 heavy (non-hydrogen) atoms. The Balaban J connectivity index is 2.05. The molecule has 0 saturated heterocycles. The smallest absolute Gasteiger partial charge is 0.120 e. The van der Waals surface area contributed by atoms with Crippen molar-refractivity contribution >= 4 is 5.69 Å². The first-order valence-electron chi connectivity index (χ1n) is 7.14. The molecule has 2 aromatic rings. The van der Waals surface area contributed by atoms with Gasteiger partial charge in [-0.25, -0.2) is 0 Å². The average molecular weight is 283 g/mol. The lowest BCUT2D eigenvalue weighted by molar-refractivity contribution is 0.288. The second-order valence-corrected chi connectivity index (χ2v) is 5.19. The van der Waals surface area contributed by atoms with Gasteiger partial charge in [-0.15, -0.1) is 0 Å². The van der Waals surface area contributed by atoms with Crippen LogP contribution >= 0.6 is 0 Å². The van der Waals surface area contributed by atoms with E-state index in [4.69, 9.17) is 10.4 Å². The second-order valence-electron chi connectivity index (χ2n) is 5.19. The molecule has 0 aliphatic heterocycles. The van der Waals surface area contributed by atoms with Crippen molar-refractivity contribution in [2.45, 2.75) is 26.3 Å². The molecule has 1 aromatic heterocycles. The van der Waals surface area contributed by atoms with Crippen LogP contribution in [0.3, 0.4) is 0 Å². The zero-order valence-electron chi connectivity index (χ0n) is 12.6. The summed E-state index contributed by atoms with van der Waals surface area (Å²) in [7, 11) is 1.91. The highest BCUT2D eigenvalue weighted by Gasteiger charge is 2.08. The molecule has 0 saturated carbocycles. The van der Waals surface area contributed by atoms with E-state index in [0.29, 0.717) is 12.2 Å². The van der Waals surface area contributed by atoms with Gasteiger partial charge in [0.1, 0.15) is 11.8 Å². The van der Waals surface area contributed by atoms with Gasteiger partial charge >= 0.3 is 0 Å². The molecule has 2 rings (SSSR count). The van der Waals surface area contributed by atoms with Gasteiger partial charge in [0.25, 0.3) is 0 Å². The number of hydrogen-bond acceptors (Lipinski definition) is 3. The predicted octanol–water partition coefficient (Wildman–Crippen LogP) is 2.74. The zero-order chi connectivity index (χ0) is 15.2. The fraction of sp³-hybridized carbons (Fsp3) is 0.353. The van der Waals surface area contributed by atoms with Crippen LogP contribution in [-0.4, -0.2) is 16.3 Å². The lowest BCUT2D eigenvalue weighted by atomic mass is 10.1. The van der Waals surface area contributed by atoms with E-state index < -0.39 is 0 Å². The molecule has 0 aliphatic rings. The van der Waals surface area contributed by atoms with Gasteiger partial charge in [0.05, 0.1) is 0 Å². The van der Waals surface area contributed by atoms with Gasteiger partial charge in [-0.3, -0.25) is 0 Å². The Kier molecular flexibility index (Phi) is 5.02. The number of benzene rings is 1. The van der Waals surface area contributed by atoms with Crippen LogP contribution in [0.15, 0.2) is 30.3 Å². The van der Waals surface area contributed by atoms with Crippen LogP contribution in [0.2, 0.25) is 0 Å². The number of nitrogens with one attached hydrogen (secondary N) is 1. The van der Waals surface area contributed by atoms with Gasteiger partial charge in [-0.2, -0.15) is 5.26 Å². The molecule has 1 heterocycles. The summed E-state index contributed by atoms with van der Waals surface area (Å²) in [5.74, 6) is 0. The Morgan fingerprint density at radius 3 is 2.81 bits per heavy atom. The minimum absolute atomic E-state index is 0.220. The van der Waals surface area contributed by atoms with E-state index in [0.717, 1.165) is 29.8 Å². The number of aliphatic hydroxyl groups excluding tert-OH is 1. The van der Waals surface area contributed by atoms with E-state index >= 15 is 0 Å². The van der Waals surface area contributed by atoms with Crippen molar-refractivity contribution in [3.05, 3.63) is 52.8 Å². The highest BCUT2D eigenvalue weighted by atomic mass is 16.2. The average Bonchev–Trinajstić information content (AvgIpc) is 2.79. The molecule has 110 valence electrons. The maximum Gasteiger partial charge on any atom is 0.120 e. The van der Waals surface area contributed by atoms with E-state index in [1.54, 1.807) is 0 Å². The Bertz CT molecular complexity index is 653. The molecule has 4 nitrogen and oxygen atoms in total. The van der Waals surface area contributed by atoms with Gasteiger partial charge in [0, 0.05) is 31.6 Å². The molecular weight excluding hydrogens is 262 g/mol. The van der Waals surface area contributed by atoms with Gasteiger partial charge < -0.3 is 15.0 Å². The number of aryl methyl sites for hydroxylation is 1. The van der Waals surface area contributed by atoms with E-state index in [2.05, 4.69) is 23.5 Å². The summed E-state index contributed by atoms with van der Waals surface area (Å²) in [4.78, 5) is 0. The fourth-order valence-electron chi connectivity index (χ4n) is 2.37. The second kappa shape index (κ2) is 6.96. The summed E-state index contributed by atoms with van der Waals surface area (Å²) >= 11 is 0. The maximum absolute atomic E-state index is 9.05. The number of anilines is 1. The zero-order valence-corrected chi connectivity index (χ0v) is 12.6. The fourth-order valence-corrected chi connectivity index (χ4v) is 2.37. The van der Waals surface area contributed by atoms with Crippen molar-refractivity contribution in [2.24, 2.45) is 7.05 Å². The van der Waals surface area contributed by atoms with Crippen LogP contribution in [0.5, 0.6) is 0 Å². The van der Waals surface area contributed by atoms with Gasteiger partial charge in [-0.1, -0.05) is 12.1 Å². The summed E-state index contributed by atoms with van der Waals surface area (Å²) in [5, 5.41) is 21.3. The molecule has 4 heteroatoms. The Morgan fingerprint density at radius 1 is 1.33 bits per heavy atom. The minimum atomic E-state index is 0.220. The SMILES string of the molecule is Cc1c(CNc2cccc(CCCO)c2)cc(C#N)n1C. The van der Waals surface area contributed by atoms with Crippen LogP contribution in [0.1, 0.15) is 28.9 Å². The highest BCUT2D eigenvalue weighted by Crippen LogP contribution is 2.17. The first-order chi connectivity index (χ1) is 10.2. The lowest BCUT2D eigenvalue weighted by Crippen LogP contribution is -2.02. The number of aromatic nitrogens is 1. The van der Waals surface area contributed by atoms with Crippen molar-refractivity contribution in [3.8, 4) is 6.07 Å². The third-order valence-corrected chi connectivity index (χ3v) is 3.79. The van der Waals surface area contributed by atoms with Crippen LogP contribution in [-0.2, 0) is 20.0 Å². The quantitative estimate of drug-likeness (QED) is 0.857. The molecule has 0 aliphatic carbocycles. The molecular formula is C17H21N3O. The largest absolute Gasteiger partial charge is 0.396 e. The van der Waals surface area contributed by atoms with Crippen molar-refractivity contribution in [3.63, 3.8) is 0 Å². The highest BCUT2D eigenvalue weighted by molar-refractivity contribution is 5.47. The van der Waals surface area contributed by atoms with E-state index in [9.17, 15) is 0 Å². The number of nitriles is 1. The standard InChI is InChI=1S/C17H21N3O/c1-13-15(10-17(11-18)20(13)2)12-19-16-7-3-5-14(9-16)6-4-8-21/h3,5,7,9-10,19,21H,4,6,8,12H2,1-2H3. The van der Waals surface area contributed by atoms with Crippen molar-refractivity contribution in [1.82, 2.24) is 4.57 Å². The Hall–Kier alpha value is -2.25. The molecule has 0 bridgehead atoms. The third-order valence-electron chi connectivity index (χ3n) is 3.79. The minimum Gasteiger partial charge on any atom is -0.396 e. The first-order valence-corrected chi connectivity index (χ1v) is 7.14. The molecule has 0 radical (unpaired) electrons. The Labute approximate surface area is 125 Å². The van der Waals surface area contributed by atoms with Crippen LogP contribution in [0.4, 0.5) is 5.69 Å². The molecule has 0 spiro atoms. The van der Waals surface area contributed by atoms with E-state index in [1.165, 1.54) is 5.56 Å². The number of rotatable bonds is 6. The van der Waals surface area contributed by atoms with Crippen LogP contribution in [0.25, 0.3) is 0 Å². The first kappa shape index (κ1) is 15.1. The number of nitrogens with zero attached hydrogens (tertiary/aromatic N) is 2. The maximum atomic E-state index is 9.05. The van der Waals surface area contributed by atoms with Crippen molar-refractivity contribution < 1.29 is 5.11 Å². The van der Waals surface area contributed by atoms with E-state index in [1.807, 2.05) is 36.7 Å². The summed E-state index contributed by atoms with van der Waals surface area (Å²) in [6, 6.07) is 12.4. The summed E-state index contributed by atoms with van der Waals surface area (Å²) < 4.78 is 1.91. The molecule has 0 atom stereocenters. The van der Waals surface area contributed by atoms with E-state index in [-0.39, 0.29) is 6.61 Å². The molecule has 0 fully saturated rings. The van der Waals surface area contributed by atoms with Crippen molar-refractivity contribution in [2.75, 3.05) is 11.9 Å². The van der Waals surface area contributed by atoms with Gasteiger partial charge in [0.15, 0.2) is 0 Å². The summed E-state index contributed by atoms with van der Waals surface area (Å²) in [5.41, 5.74) is 5.20. The predicted molar refractivity (Wildman–Crippen MR) is 84.0 cm³/mol. The monoisotopic (exact) mass is 283 g/mol. The molecule has 1 aromatic carbocycles. The Morgan fingerprint density at radius 2 is 2.14 bits per heavy atom.